The summed E-state index contributed by atoms with van der Waals surface area (Å²) < 4.78 is 7.43. The molecule has 0 saturated carbocycles. The number of alkyl halides is 1. The number of benzene rings is 1. The summed E-state index contributed by atoms with van der Waals surface area (Å²) in [5, 5.41) is 11.8. The van der Waals surface area contributed by atoms with Crippen molar-refractivity contribution in [3.8, 4) is 24.2 Å². The number of ether oxygens (including phenoxy) is 1. The molecule has 0 bridgehead atoms. The Morgan fingerprint density at radius 2 is 1.83 bits per heavy atom. The molecule has 0 radical (unpaired) electrons. The molecule has 0 saturated heterocycles. The van der Waals surface area contributed by atoms with Crippen molar-refractivity contribution in [3.63, 3.8) is 0 Å². The van der Waals surface area contributed by atoms with E-state index in [1.807, 2.05) is 32.2 Å². The largest absolute Gasteiger partial charge is 0.497 e. The van der Waals surface area contributed by atoms with Gasteiger partial charge in [0, 0.05) is 23.2 Å². The third-order valence-electron chi connectivity index (χ3n) is 6.48. The first kappa shape index (κ1) is 38.7. The summed E-state index contributed by atoms with van der Waals surface area (Å²) in [6.45, 7) is 19.4. The molecule has 0 unspecified atom stereocenters. The number of hydrogen-bond acceptors (Lipinski definition) is 4. The maximum atomic E-state index is 6.08. The average Bonchev–Trinajstić information content (AvgIpc) is 3.63. The molecule has 232 valence electrons. The van der Waals surface area contributed by atoms with E-state index in [0.717, 1.165) is 72.6 Å². The molecule has 0 aliphatic heterocycles. The van der Waals surface area contributed by atoms with Crippen LogP contribution in [0.5, 0.6) is 0 Å². The summed E-state index contributed by atoms with van der Waals surface area (Å²) in [6.07, 6.45) is 24.8. The van der Waals surface area contributed by atoms with Crippen LogP contribution >= 0.6 is 11.6 Å². The maximum absolute atomic E-state index is 6.08. The van der Waals surface area contributed by atoms with Crippen LogP contribution in [0.15, 0.2) is 55.0 Å². The van der Waals surface area contributed by atoms with Crippen molar-refractivity contribution < 1.29 is 4.74 Å². The molecule has 1 aromatic carbocycles. The highest BCUT2D eigenvalue weighted by Gasteiger charge is 2.18. The number of nitrogens with zero attached hydrogens (tertiary/aromatic N) is 3. The van der Waals surface area contributed by atoms with Crippen molar-refractivity contribution in [1.29, 1.82) is 0 Å². The Balaban J connectivity index is 0.000000749. The number of imidazole rings is 1. The second-order valence-corrected chi connectivity index (χ2v) is 9.62. The van der Waals surface area contributed by atoms with Gasteiger partial charge in [0.05, 0.1) is 30.4 Å². The first-order chi connectivity index (χ1) is 20.5. The number of hydrogen-bond donors (Lipinski definition) is 2. The standard InChI is InChI=1S/C17H21ClN4.C14H25NO.C2H6.C2H2/c1-4-5-8-22-12(3)15(9-18)20-17(22)16-11(2)6-7-14-13(16)10-19-21-14;1-4-6-8-12-15-13-9-7-11-14(16-3)10-5-2;2*1-2/h6-7,10H,4-5,8-9H2,1-3H3,(H,19,21);5,7,10-11,15H,2,4,6,8-9,12-13H2,1,3H3;1-2H3;1-2H/b;11-7-,14-10+;;. The highest BCUT2D eigenvalue weighted by atomic mass is 35.5. The fourth-order valence-electron chi connectivity index (χ4n) is 4.23. The monoisotopic (exact) mass is 595 g/mol. The Morgan fingerprint density at radius 1 is 1.12 bits per heavy atom. The Kier molecular flexibility index (Phi) is 22.4. The molecule has 0 aliphatic carbocycles. The van der Waals surface area contributed by atoms with Crippen LogP contribution < -0.4 is 5.32 Å². The van der Waals surface area contributed by atoms with Crippen molar-refractivity contribution in [1.82, 2.24) is 25.1 Å². The lowest BCUT2D eigenvalue weighted by molar-refractivity contribution is 0.307. The maximum Gasteiger partial charge on any atom is 0.141 e. The summed E-state index contributed by atoms with van der Waals surface area (Å²) in [4.78, 5) is 4.83. The van der Waals surface area contributed by atoms with E-state index in [-0.39, 0.29) is 0 Å². The smallest absolute Gasteiger partial charge is 0.141 e. The van der Waals surface area contributed by atoms with Gasteiger partial charge in [-0.15, -0.1) is 24.4 Å². The number of rotatable bonds is 15. The first-order valence-electron chi connectivity index (χ1n) is 15.1. The molecule has 2 heterocycles. The highest BCUT2D eigenvalue weighted by Crippen LogP contribution is 2.32. The molecule has 6 nitrogen and oxygen atoms in total. The molecular weight excluding hydrogens is 542 g/mol. The number of halogens is 1. The number of aromatic nitrogens is 4. The minimum Gasteiger partial charge on any atom is -0.497 e. The van der Waals surface area contributed by atoms with E-state index in [9.17, 15) is 0 Å². The van der Waals surface area contributed by atoms with Crippen LogP contribution in [-0.2, 0) is 17.2 Å². The van der Waals surface area contributed by atoms with Crippen molar-refractivity contribution in [3.05, 3.63) is 71.9 Å². The zero-order valence-electron chi connectivity index (χ0n) is 27.1. The number of terminal acetylenes is 1. The van der Waals surface area contributed by atoms with Gasteiger partial charge in [0.1, 0.15) is 11.6 Å². The van der Waals surface area contributed by atoms with E-state index in [1.54, 1.807) is 13.2 Å². The quantitative estimate of drug-likeness (QED) is 0.0604. The molecule has 2 aromatic heterocycles. The number of methoxy groups -OCH3 is 1. The van der Waals surface area contributed by atoms with Crippen LogP contribution in [0.3, 0.4) is 0 Å². The molecular formula is C35H54ClN5O. The third kappa shape index (κ3) is 12.7. The van der Waals surface area contributed by atoms with Gasteiger partial charge in [-0.1, -0.05) is 71.8 Å². The second-order valence-electron chi connectivity index (χ2n) is 9.35. The lowest BCUT2D eigenvalue weighted by Crippen LogP contribution is -2.15. The lowest BCUT2D eigenvalue weighted by atomic mass is 10.0. The van der Waals surface area contributed by atoms with Gasteiger partial charge in [0.2, 0.25) is 0 Å². The summed E-state index contributed by atoms with van der Waals surface area (Å²) in [5.74, 6) is 2.30. The molecule has 0 atom stereocenters. The Morgan fingerprint density at radius 3 is 2.45 bits per heavy atom. The fourth-order valence-corrected chi connectivity index (χ4v) is 4.49. The van der Waals surface area contributed by atoms with Gasteiger partial charge in [-0.25, -0.2) is 4.98 Å². The number of H-pyrrole nitrogens is 1. The van der Waals surface area contributed by atoms with Crippen molar-refractivity contribution in [2.45, 2.75) is 92.5 Å². The van der Waals surface area contributed by atoms with Crippen molar-refractivity contribution >= 4 is 22.5 Å². The third-order valence-corrected chi connectivity index (χ3v) is 6.73. The zero-order chi connectivity index (χ0) is 31.8. The summed E-state index contributed by atoms with van der Waals surface area (Å²) in [6, 6.07) is 4.18. The number of allylic oxidation sites excluding steroid dienone is 3. The van der Waals surface area contributed by atoms with Crippen LogP contribution in [0.25, 0.3) is 22.3 Å². The van der Waals surface area contributed by atoms with E-state index < -0.39 is 0 Å². The molecule has 0 amide bonds. The topological polar surface area (TPSA) is 67.8 Å². The molecule has 7 heteroatoms. The zero-order valence-corrected chi connectivity index (χ0v) is 27.9. The van der Waals surface area contributed by atoms with E-state index in [1.165, 1.54) is 30.5 Å². The van der Waals surface area contributed by atoms with Crippen LogP contribution in [0.2, 0.25) is 0 Å². The molecule has 0 fully saturated rings. The minimum atomic E-state index is 0.443. The average molecular weight is 596 g/mol. The number of fused-ring (bicyclic) bond motifs is 1. The van der Waals surface area contributed by atoms with Crippen molar-refractivity contribution in [2.24, 2.45) is 0 Å². The Bertz CT molecular complexity index is 1220. The summed E-state index contributed by atoms with van der Waals surface area (Å²) >= 11 is 6.08. The lowest BCUT2D eigenvalue weighted by Gasteiger charge is -2.12. The minimum absolute atomic E-state index is 0.443. The molecule has 3 aromatic rings. The molecule has 42 heavy (non-hydrogen) atoms. The highest BCUT2D eigenvalue weighted by molar-refractivity contribution is 6.17. The molecule has 0 aliphatic rings. The number of nitrogens with one attached hydrogen (secondary N) is 2. The van der Waals surface area contributed by atoms with Gasteiger partial charge in [0.15, 0.2) is 0 Å². The van der Waals surface area contributed by atoms with Crippen LogP contribution in [0.1, 0.15) is 83.2 Å². The molecule has 2 N–H and O–H groups in total. The Labute approximate surface area is 260 Å². The van der Waals surface area contributed by atoms with Gasteiger partial charge in [-0.2, -0.15) is 5.10 Å². The SMILES string of the molecule is C#C.C=C/C=C(\C=C/CCNCCCCC)OC.CC.CCCCn1c(-c2c(C)ccc3[nH]ncc23)nc(CCl)c1C. The molecule has 3 rings (SSSR count). The van der Waals surface area contributed by atoms with Gasteiger partial charge in [-0.3, -0.25) is 5.10 Å². The first-order valence-corrected chi connectivity index (χ1v) is 15.7. The number of aromatic amines is 1. The number of aryl methyl sites for hydroxylation is 1. The van der Waals surface area contributed by atoms with E-state index >= 15 is 0 Å². The Hall–Kier alpha value is -3.27. The predicted octanol–water partition coefficient (Wildman–Crippen LogP) is 9.29. The second kappa shape index (κ2) is 24.3. The van der Waals surface area contributed by atoms with Gasteiger partial charge in [-0.05, 0) is 70.0 Å². The molecule has 0 spiro atoms. The van der Waals surface area contributed by atoms with Gasteiger partial charge in [0.25, 0.3) is 0 Å². The predicted molar refractivity (Wildman–Crippen MR) is 184 cm³/mol. The van der Waals surface area contributed by atoms with E-state index in [2.05, 4.69) is 85.4 Å². The normalized spacial score (nSPS) is 10.8. The summed E-state index contributed by atoms with van der Waals surface area (Å²) in [7, 11) is 1.67. The van der Waals surface area contributed by atoms with E-state index in [4.69, 9.17) is 21.3 Å². The number of unbranched alkanes of at least 4 members (excludes halogenated alkanes) is 3. The van der Waals surface area contributed by atoms with E-state index in [0.29, 0.717) is 5.88 Å². The van der Waals surface area contributed by atoms with Crippen LogP contribution in [0.4, 0.5) is 0 Å². The fraction of sp³-hybridized carbons (Fsp3) is 0.486. The summed E-state index contributed by atoms with van der Waals surface area (Å²) in [5.41, 5.74) is 5.53. The van der Waals surface area contributed by atoms with Gasteiger partial charge < -0.3 is 14.6 Å². The van der Waals surface area contributed by atoms with Crippen LogP contribution in [0, 0.1) is 26.7 Å². The van der Waals surface area contributed by atoms with Crippen molar-refractivity contribution in [2.75, 3.05) is 20.2 Å². The van der Waals surface area contributed by atoms with Crippen LogP contribution in [-0.4, -0.2) is 39.9 Å². The van der Waals surface area contributed by atoms with Gasteiger partial charge >= 0.3 is 0 Å².